The van der Waals surface area contributed by atoms with Crippen molar-refractivity contribution in [3.63, 3.8) is 0 Å². The lowest BCUT2D eigenvalue weighted by Gasteiger charge is -2.47. The topological polar surface area (TPSA) is 42.8 Å². The van der Waals surface area contributed by atoms with Gasteiger partial charge in [-0.3, -0.25) is 0 Å². The minimum absolute atomic E-state index is 0.230. The zero-order chi connectivity index (χ0) is 13.9. The zero-order valence-corrected chi connectivity index (χ0v) is 12.0. The maximum absolute atomic E-state index is 9.52. The molecule has 1 aliphatic heterocycles. The molecule has 4 rings (SSSR count). The first-order valence-electron chi connectivity index (χ1n) is 7.32. The average Bonchev–Trinajstić information content (AvgIpc) is 2.85. The van der Waals surface area contributed by atoms with Crippen molar-refractivity contribution in [1.82, 2.24) is 9.88 Å². The normalized spacial score (nSPS) is 32.9. The molecule has 3 nitrogen and oxygen atoms in total. The van der Waals surface area contributed by atoms with Gasteiger partial charge < -0.3 is 9.88 Å². The van der Waals surface area contributed by atoms with Crippen LogP contribution in [0, 0.1) is 16.7 Å². The number of benzene rings is 1. The quantitative estimate of drug-likeness (QED) is 0.795. The van der Waals surface area contributed by atoms with E-state index < -0.39 is 0 Å². The molecule has 3 heteroatoms. The third kappa shape index (κ3) is 1.49. The second kappa shape index (κ2) is 3.86. The second-order valence-electron chi connectivity index (χ2n) is 6.75. The Morgan fingerprint density at radius 1 is 1.45 bits per heavy atom. The first-order chi connectivity index (χ1) is 9.61. The number of fused-ring (bicyclic) bond motifs is 2. The van der Waals surface area contributed by atoms with Gasteiger partial charge in [0.1, 0.15) is 0 Å². The van der Waals surface area contributed by atoms with E-state index in [2.05, 4.69) is 54.3 Å². The van der Waals surface area contributed by atoms with Gasteiger partial charge in [-0.15, -0.1) is 0 Å². The largest absolute Gasteiger partial charge is 0.361 e. The van der Waals surface area contributed by atoms with E-state index in [-0.39, 0.29) is 5.41 Å². The summed E-state index contributed by atoms with van der Waals surface area (Å²) in [6, 6.07) is 9.62. The Labute approximate surface area is 119 Å². The van der Waals surface area contributed by atoms with Gasteiger partial charge >= 0.3 is 0 Å². The summed E-state index contributed by atoms with van der Waals surface area (Å²) in [6.45, 7) is 2.98. The molecule has 1 aromatic carbocycles. The molecule has 2 heterocycles. The number of H-pyrrole nitrogens is 1. The third-order valence-corrected chi connectivity index (χ3v) is 5.22. The number of nitriles is 1. The highest BCUT2D eigenvalue weighted by Gasteiger charge is 2.44. The Balaban J connectivity index is 1.90. The van der Waals surface area contributed by atoms with E-state index in [4.69, 9.17) is 0 Å². The molecule has 0 spiro atoms. The van der Waals surface area contributed by atoms with Crippen molar-refractivity contribution in [3.8, 4) is 6.07 Å². The Hall–Kier alpha value is -1.79. The van der Waals surface area contributed by atoms with Crippen molar-refractivity contribution in [2.75, 3.05) is 13.6 Å². The highest BCUT2D eigenvalue weighted by atomic mass is 15.2. The van der Waals surface area contributed by atoms with Crippen LogP contribution in [0.15, 0.2) is 24.4 Å². The molecular weight excluding hydrogens is 246 g/mol. The number of piperidine rings is 1. The summed E-state index contributed by atoms with van der Waals surface area (Å²) in [5.74, 6) is 0.477. The standard InChI is InChI=1S/C17H19N3/c1-17(9-18)7-13-12-4-3-5-14-16(12)11(8-19-14)6-15(13)20(2)10-17/h3-5,8,13,15,19H,6-7,10H2,1-2H3/t13-,15-,17-/m1/s1. The number of hydrogen-bond donors (Lipinski definition) is 1. The van der Waals surface area contributed by atoms with E-state index in [1.54, 1.807) is 0 Å². The van der Waals surface area contributed by atoms with Crippen LogP contribution in [-0.2, 0) is 6.42 Å². The predicted molar refractivity (Wildman–Crippen MR) is 79.5 cm³/mol. The van der Waals surface area contributed by atoms with Crippen LogP contribution < -0.4 is 0 Å². The van der Waals surface area contributed by atoms with Crippen LogP contribution in [-0.4, -0.2) is 29.5 Å². The Morgan fingerprint density at radius 3 is 3.10 bits per heavy atom. The lowest BCUT2D eigenvalue weighted by molar-refractivity contribution is 0.0858. The molecule has 1 N–H and O–H groups in total. The van der Waals surface area contributed by atoms with Gasteiger partial charge in [-0.25, -0.2) is 0 Å². The van der Waals surface area contributed by atoms with Crippen LogP contribution in [0.25, 0.3) is 10.9 Å². The summed E-state index contributed by atoms with van der Waals surface area (Å²) >= 11 is 0. The van der Waals surface area contributed by atoms with Crippen LogP contribution in [0.2, 0.25) is 0 Å². The van der Waals surface area contributed by atoms with Crippen LogP contribution in [0.5, 0.6) is 0 Å². The number of nitrogens with one attached hydrogen (secondary N) is 1. The predicted octanol–water partition coefficient (Wildman–Crippen LogP) is 3.04. The molecule has 1 aromatic heterocycles. The van der Waals surface area contributed by atoms with Crippen LogP contribution in [0.3, 0.4) is 0 Å². The van der Waals surface area contributed by atoms with Gasteiger partial charge in [-0.1, -0.05) is 12.1 Å². The molecule has 1 fully saturated rings. The van der Waals surface area contributed by atoms with Crippen molar-refractivity contribution < 1.29 is 0 Å². The molecule has 0 radical (unpaired) electrons. The molecule has 1 saturated heterocycles. The number of aromatic amines is 1. The lowest BCUT2D eigenvalue weighted by Crippen LogP contribution is -2.51. The number of hydrogen-bond acceptors (Lipinski definition) is 2. The summed E-state index contributed by atoms with van der Waals surface area (Å²) < 4.78 is 0. The number of rotatable bonds is 0. The number of aromatic nitrogens is 1. The van der Waals surface area contributed by atoms with Crippen molar-refractivity contribution in [3.05, 3.63) is 35.5 Å². The first-order valence-corrected chi connectivity index (χ1v) is 7.32. The molecule has 20 heavy (non-hydrogen) atoms. The molecule has 1 aliphatic carbocycles. The monoisotopic (exact) mass is 265 g/mol. The minimum Gasteiger partial charge on any atom is -0.361 e. The first kappa shape index (κ1) is 12.0. The van der Waals surface area contributed by atoms with Gasteiger partial charge in [0.25, 0.3) is 0 Å². The van der Waals surface area contributed by atoms with Gasteiger partial charge in [0, 0.05) is 35.6 Å². The molecule has 0 saturated carbocycles. The number of likely N-dealkylation sites (N-methyl/N-ethyl adjacent to an activating group) is 1. The van der Waals surface area contributed by atoms with E-state index in [0.717, 1.165) is 19.4 Å². The fraction of sp³-hybridized carbons (Fsp3) is 0.471. The van der Waals surface area contributed by atoms with E-state index in [1.165, 1.54) is 22.0 Å². The van der Waals surface area contributed by atoms with E-state index >= 15 is 0 Å². The van der Waals surface area contributed by atoms with Gasteiger partial charge in [-0.2, -0.15) is 5.26 Å². The number of nitrogens with zero attached hydrogens (tertiary/aromatic N) is 2. The van der Waals surface area contributed by atoms with Gasteiger partial charge in [0.15, 0.2) is 0 Å². The molecule has 3 atom stereocenters. The number of likely N-dealkylation sites (tertiary alicyclic amines) is 1. The fourth-order valence-corrected chi connectivity index (χ4v) is 4.34. The second-order valence-corrected chi connectivity index (χ2v) is 6.75. The minimum atomic E-state index is -0.230. The smallest absolute Gasteiger partial charge is 0.0700 e. The molecular formula is C17H19N3. The van der Waals surface area contributed by atoms with E-state index in [9.17, 15) is 5.26 Å². The molecule has 0 amide bonds. The SMILES string of the molecule is CN1C[C@@](C)(C#N)C[C@@H]2c3cccc4[nH]cc(c34)C[C@H]21. The molecule has 2 aliphatic rings. The lowest BCUT2D eigenvalue weighted by atomic mass is 9.68. The Bertz CT molecular complexity index is 723. The third-order valence-electron chi connectivity index (χ3n) is 5.22. The van der Waals surface area contributed by atoms with Crippen molar-refractivity contribution in [2.45, 2.75) is 31.7 Å². The Morgan fingerprint density at radius 2 is 2.30 bits per heavy atom. The van der Waals surface area contributed by atoms with Crippen LogP contribution >= 0.6 is 0 Å². The summed E-state index contributed by atoms with van der Waals surface area (Å²) in [5, 5.41) is 10.9. The maximum atomic E-state index is 9.52. The highest BCUT2D eigenvalue weighted by molar-refractivity contribution is 5.88. The molecule has 102 valence electrons. The summed E-state index contributed by atoms with van der Waals surface area (Å²) in [5.41, 5.74) is 3.88. The summed E-state index contributed by atoms with van der Waals surface area (Å²) in [6.07, 6.45) is 4.23. The van der Waals surface area contributed by atoms with Gasteiger partial charge in [0.2, 0.25) is 0 Å². The summed E-state index contributed by atoms with van der Waals surface area (Å²) in [7, 11) is 2.17. The van der Waals surface area contributed by atoms with E-state index in [1.807, 2.05) is 0 Å². The van der Waals surface area contributed by atoms with Crippen molar-refractivity contribution in [1.29, 1.82) is 5.26 Å². The van der Waals surface area contributed by atoms with Crippen LogP contribution in [0.4, 0.5) is 0 Å². The van der Waals surface area contributed by atoms with E-state index in [0.29, 0.717) is 12.0 Å². The maximum Gasteiger partial charge on any atom is 0.0700 e. The van der Waals surface area contributed by atoms with Crippen molar-refractivity contribution >= 4 is 10.9 Å². The zero-order valence-electron chi connectivity index (χ0n) is 12.0. The Kier molecular flexibility index (Phi) is 2.32. The highest BCUT2D eigenvalue weighted by Crippen LogP contribution is 2.47. The van der Waals surface area contributed by atoms with Crippen LogP contribution in [0.1, 0.15) is 30.4 Å². The van der Waals surface area contributed by atoms with Crippen molar-refractivity contribution in [2.24, 2.45) is 5.41 Å². The average molecular weight is 265 g/mol. The van der Waals surface area contributed by atoms with Gasteiger partial charge in [0.05, 0.1) is 11.5 Å². The van der Waals surface area contributed by atoms with Gasteiger partial charge in [-0.05, 0) is 44.0 Å². The molecule has 0 bridgehead atoms. The molecule has 2 aromatic rings. The fourth-order valence-electron chi connectivity index (χ4n) is 4.34. The summed E-state index contributed by atoms with van der Waals surface area (Å²) in [4.78, 5) is 5.79. The molecule has 0 unspecified atom stereocenters.